The molecule has 2 heterocycles. The Balaban J connectivity index is 1.45. The smallest absolute Gasteiger partial charge is 0.278 e. The molecule has 148 valence electrons. The highest BCUT2D eigenvalue weighted by atomic mass is 32.1. The number of hydrogen-bond donors (Lipinski definition) is 3. The number of rotatable bonds is 7. The van der Waals surface area contributed by atoms with Gasteiger partial charge in [-0.15, -0.1) is 11.3 Å². The maximum Gasteiger partial charge on any atom is 0.278 e. The Bertz CT molecular complexity index is 896. The summed E-state index contributed by atoms with van der Waals surface area (Å²) in [6.07, 6.45) is 8.18. The highest BCUT2D eigenvalue weighted by Gasteiger charge is 2.25. The summed E-state index contributed by atoms with van der Waals surface area (Å²) in [6, 6.07) is 13.1. The zero-order valence-electron chi connectivity index (χ0n) is 16.5. The van der Waals surface area contributed by atoms with Gasteiger partial charge in [-0.3, -0.25) is 4.79 Å². The topological polar surface area (TPSA) is 61.5 Å². The second-order valence-corrected chi connectivity index (χ2v) is 8.94. The number of benzene rings is 1. The minimum Gasteiger partial charge on any atom is -0.361 e. The highest BCUT2D eigenvalue weighted by Crippen LogP contribution is 2.32. The van der Waals surface area contributed by atoms with Crippen LogP contribution in [0, 0.1) is 0 Å². The van der Waals surface area contributed by atoms with Gasteiger partial charge in [-0.05, 0) is 42.8 Å². The molecule has 5 heteroatoms. The van der Waals surface area contributed by atoms with Crippen molar-refractivity contribution in [2.45, 2.75) is 57.0 Å². The summed E-state index contributed by atoms with van der Waals surface area (Å²) in [7, 11) is 0. The van der Waals surface area contributed by atoms with E-state index in [0.717, 1.165) is 19.4 Å². The molecule has 0 spiro atoms. The summed E-state index contributed by atoms with van der Waals surface area (Å²) in [5.41, 5.74) is 2.48. The van der Waals surface area contributed by atoms with Crippen molar-refractivity contribution in [1.29, 1.82) is 0 Å². The number of thiophene rings is 1. The van der Waals surface area contributed by atoms with Crippen molar-refractivity contribution >= 4 is 28.1 Å². The van der Waals surface area contributed by atoms with Gasteiger partial charge in [0.25, 0.3) is 5.91 Å². The van der Waals surface area contributed by atoms with E-state index in [2.05, 4.69) is 63.6 Å². The molecule has 0 radical (unpaired) electrons. The maximum atomic E-state index is 12.7. The number of carbonyl (C=O) groups is 1. The second-order valence-electron chi connectivity index (χ2n) is 7.96. The van der Waals surface area contributed by atoms with Crippen LogP contribution in [0.15, 0.2) is 48.0 Å². The summed E-state index contributed by atoms with van der Waals surface area (Å²) in [4.78, 5) is 17.4. The van der Waals surface area contributed by atoms with Crippen molar-refractivity contribution in [3.63, 3.8) is 0 Å². The lowest BCUT2D eigenvalue weighted by atomic mass is 9.95. The molecular formula is C23H30N3OS+. The van der Waals surface area contributed by atoms with Crippen molar-refractivity contribution in [1.82, 2.24) is 10.3 Å². The van der Waals surface area contributed by atoms with E-state index in [-0.39, 0.29) is 17.9 Å². The van der Waals surface area contributed by atoms with Crippen molar-refractivity contribution in [2.24, 2.45) is 0 Å². The third-order valence-electron chi connectivity index (χ3n) is 5.97. The first-order chi connectivity index (χ1) is 13.7. The maximum absolute atomic E-state index is 12.7. The molecule has 1 saturated carbocycles. The van der Waals surface area contributed by atoms with Crippen LogP contribution >= 0.6 is 11.3 Å². The van der Waals surface area contributed by atoms with Gasteiger partial charge in [0.15, 0.2) is 6.04 Å². The van der Waals surface area contributed by atoms with Crippen molar-refractivity contribution < 1.29 is 10.1 Å². The predicted molar refractivity (Wildman–Crippen MR) is 116 cm³/mol. The molecule has 1 fully saturated rings. The third-order valence-corrected chi connectivity index (χ3v) is 6.96. The van der Waals surface area contributed by atoms with Crippen LogP contribution < -0.4 is 10.6 Å². The van der Waals surface area contributed by atoms with E-state index >= 15 is 0 Å². The molecule has 1 aliphatic rings. The molecule has 2 aromatic heterocycles. The molecule has 2 atom stereocenters. The number of quaternary nitrogens is 1. The quantitative estimate of drug-likeness (QED) is 0.559. The first-order valence-electron chi connectivity index (χ1n) is 10.5. The second kappa shape index (κ2) is 8.93. The Morgan fingerprint density at radius 2 is 2.04 bits per heavy atom. The largest absolute Gasteiger partial charge is 0.361 e. The lowest BCUT2D eigenvalue weighted by Crippen LogP contribution is -2.92. The molecule has 0 bridgehead atoms. The van der Waals surface area contributed by atoms with Gasteiger partial charge in [0.1, 0.15) is 0 Å². The number of amides is 1. The number of fused-ring (bicyclic) bond motifs is 1. The van der Waals surface area contributed by atoms with Gasteiger partial charge in [0.2, 0.25) is 0 Å². The van der Waals surface area contributed by atoms with E-state index in [1.807, 2.05) is 6.92 Å². The van der Waals surface area contributed by atoms with Crippen LogP contribution in [0.1, 0.15) is 55.4 Å². The summed E-state index contributed by atoms with van der Waals surface area (Å²) < 4.78 is 0. The third kappa shape index (κ3) is 4.31. The van der Waals surface area contributed by atoms with E-state index in [1.165, 1.54) is 40.6 Å². The van der Waals surface area contributed by atoms with Crippen molar-refractivity contribution in [3.8, 4) is 0 Å². The predicted octanol–water partition coefficient (Wildman–Crippen LogP) is 3.76. The molecule has 1 aromatic carbocycles. The van der Waals surface area contributed by atoms with Gasteiger partial charge in [0, 0.05) is 28.0 Å². The molecule has 4 nitrogen and oxygen atoms in total. The fraction of sp³-hybridized carbons (Fsp3) is 0.435. The molecule has 1 aliphatic carbocycles. The lowest BCUT2D eigenvalue weighted by Gasteiger charge is -2.24. The zero-order valence-corrected chi connectivity index (χ0v) is 17.3. The first-order valence-corrected chi connectivity index (χ1v) is 11.3. The number of hydrogen-bond acceptors (Lipinski definition) is 2. The number of H-pyrrole nitrogens is 1. The summed E-state index contributed by atoms with van der Waals surface area (Å²) in [5.74, 6) is 0.455. The Kier molecular flexibility index (Phi) is 6.13. The molecule has 0 unspecified atom stereocenters. The standard InChI is InChI=1S/C23H29N3OS/c1-16(23(27)26-17-8-3-2-4-9-17)24-15-20(22-12-7-13-28-22)19-14-25-21-11-6-5-10-18(19)21/h5-7,10-14,16-17,20,24-25H,2-4,8-9,15H2,1H3,(H,26,27)/p+1/t16-,20-/m1/s1. The Morgan fingerprint density at radius 1 is 1.21 bits per heavy atom. The molecule has 4 N–H and O–H groups in total. The number of aromatic nitrogens is 1. The number of nitrogens with one attached hydrogen (secondary N) is 2. The van der Waals surface area contributed by atoms with Crippen LogP contribution in [-0.4, -0.2) is 29.5 Å². The molecule has 0 saturated heterocycles. The summed E-state index contributed by atoms with van der Waals surface area (Å²) in [6.45, 7) is 2.89. The van der Waals surface area contributed by atoms with Gasteiger partial charge in [-0.1, -0.05) is 43.5 Å². The van der Waals surface area contributed by atoms with E-state index in [9.17, 15) is 4.79 Å². The molecule has 3 aromatic rings. The van der Waals surface area contributed by atoms with Crippen LogP contribution in [0.25, 0.3) is 10.9 Å². The van der Waals surface area contributed by atoms with Gasteiger partial charge in [-0.25, -0.2) is 0 Å². The number of nitrogens with two attached hydrogens (primary N) is 1. The molecule has 1 amide bonds. The summed E-state index contributed by atoms with van der Waals surface area (Å²) >= 11 is 1.79. The lowest BCUT2D eigenvalue weighted by molar-refractivity contribution is -0.674. The molecule has 28 heavy (non-hydrogen) atoms. The molecular weight excluding hydrogens is 366 g/mol. The van der Waals surface area contributed by atoms with E-state index < -0.39 is 0 Å². The van der Waals surface area contributed by atoms with Crippen molar-refractivity contribution in [2.75, 3.05) is 6.54 Å². The van der Waals surface area contributed by atoms with Gasteiger partial charge in [0.05, 0.1) is 12.5 Å². The van der Waals surface area contributed by atoms with E-state index in [1.54, 1.807) is 11.3 Å². The fourth-order valence-electron chi connectivity index (χ4n) is 4.29. The number of carbonyl (C=O) groups excluding carboxylic acids is 1. The van der Waals surface area contributed by atoms with Crippen molar-refractivity contribution in [3.05, 3.63) is 58.4 Å². The monoisotopic (exact) mass is 396 g/mol. The fourth-order valence-corrected chi connectivity index (χ4v) is 5.15. The number of para-hydroxylation sites is 1. The zero-order chi connectivity index (χ0) is 19.3. The normalized spacial score (nSPS) is 17.5. The SMILES string of the molecule is C[C@@H]([NH2+]C[C@@H](c1cccs1)c1c[nH]c2ccccc12)C(=O)NC1CCCCC1. The minimum atomic E-state index is -0.0744. The average Bonchev–Trinajstić information content (AvgIpc) is 3.40. The van der Waals surface area contributed by atoms with E-state index in [0.29, 0.717) is 6.04 Å². The Hall–Kier alpha value is -2.11. The van der Waals surface area contributed by atoms with Crippen LogP contribution in [0.2, 0.25) is 0 Å². The molecule has 0 aliphatic heterocycles. The summed E-state index contributed by atoms with van der Waals surface area (Å²) in [5, 5.41) is 8.87. The average molecular weight is 397 g/mol. The van der Waals surface area contributed by atoms with Crippen LogP contribution in [0.3, 0.4) is 0 Å². The Morgan fingerprint density at radius 3 is 2.82 bits per heavy atom. The van der Waals surface area contributed by atoms with Crippen LogP contribution in [-0.2, 0) is 4.79 Å². The first kappa shape index (κ1) is 19.2. The van der Waals surface area contributed by atoms with Gasteiger partial charge >= 0.3 is 0 Å². The highest BCUT2D eigenvalue weighted by molar-refractivity contribution is 7.10. The van der Waals surface area contributed by atoms with Crippen LogP contribution in [0.4, 0.5) is 0 Å². The van der Waals surface area contributed by atoms with Gasteiger partial charge in [-0.2, -0.15) is 0 Å². The molecule has 4 rings (SSSR count). The minimum absolute atomic E-state index is 0.0744. The van der Waals surface area contributed by atoms with Gasteiger partial charge < -0.3 is 15.6 Å². The van der Waals surface area contributed by atoms with Crippen LogP contribution in [0.5, 0.6) is 0 Å². The van der Waals surface area contributed by atoms with E-state index in [4.69, 9.17) is 0 Å². The number of aromatic amines is 1. The Labute approximate surface area is 170 Å².